The van der Waals surface area contributed by atoms with Crippen molar-refractivity contribution in [2.24, 2.45) is 0 Å². The normalized spacial score (nSPS) is 12.6. The van der Waals surface area contributed by atoms with Crippen molar-refractivity contribution < 1.29 is 24.6 Å². The highest BCUT2D eigenvalue weighted by atomic mass is 16.4. The second kappa shape index (κ2) is 9.38. The minimum Gasteiger partial charge on any atom is -0.508 e. The molecule has 0 spiro atoms. The number of aliphatic carboxylic acids is 1. The van der Waals surface area contributed by atoms with Crippen molar-refractivity contribution in [1.29, 1.82) is 0 Å². The highest BCUT2D eigenvalue weighted by Gasteiger charge is 2.26. The van der Waals surface area contributed by atoms with E-state index in [1.165, 1.54) is 19.1 Å². The number of rotatable bonds is 8. The van der Waals surface area contributed by atoms with Crippen molar-refractivity contribution in [3.8, 4) is 5.75 Å². The van der Waals surface area contributed by atoms with Crippen molar-refractivity contribution in [1.82, 2.24) is 10.6 Å². The van der Waals surface area contributed by atoms with Gasteiger partial charge in [-0.2, -0.15) is 0 Å². The van der Waals surface area contributed by atoms with E-state index < -0.39 is 29.9 Å². The smallest absolute Gasteiger partial charge is 0.326 e. The van der Waals surface area contributed by atoms with Gasteiger partial charge < -0.3 is 20.8 Å². The number of aromatic hydroxyl groups is 1. The van der Waals surface area contributed by atoms with Crippen molar-refractivity contribution in [2.45, 2.75) is 31.8 Å². The maximum absolute atomic E-state index is 12.6. The molecule has 7 heteroatoms. The zero-order valence-corrected chi connectivity index (χ0v) is 14.9. The molecular formula is C20H22N2O5. The molecule has 0 fully saturated rings. The van der Waals surface area contributed by atoms with Crippen LogP contribution in [-0.2, 0) is 27.2 Å². The molecule has 0 unspecified atom stereocenters. The maximum atomic E-state index is 12.6. The number of hydrogen-bond donors (Lipinski definition) is 4. The van der Waals surface area contributed by atoms with Crippen LogP contribution in [0.15, 0.2) is 54.6 Å². The lowest BCUT2D eigenvalue weighted by Gasteiger charge is -2.21. The van der Waals surface area contributed by atoms with Gasteiger partial charge >= 0.3 is 5.97 Å². The van der Waals surface area contributed by atoms with E-state index in [-0.39, 0.29) is 18.6 Å². The molecular weight excluding hydrogens is 348 g/mol. The van der Waals surface area contributed by atoms with Crippen LogP contribution in [0, 0.1) is 0 Å². The van der Waals surface area contributed by atoms with Crippen molar-refractivity contribution in [3.63, 3.8) is 0 Å². The topological polar surface area (TPSA) is 116 Å². The van der Waals surface area contributed by atoms with Gasteiger partial charge in [0.25, 0.3) is 0 Å². The Kier molecular flexibility index (Phi) is 6.93. The van der Waals surface area contributed by atoms with Gasteiger partial charge in [0, 0.05) is 19.8 Å². The Labute approximate surface area is 157 Å². The van der Waals surface area contributed by atoms with Gasteiger partial charge in [-0.25, -0.2) is 4.79 Å². The van der Waals surface area contributed by atoms with Crippen LogP contribution in [-0.4, -0.2) is 40.1 Å². The van der Waals surface area contributed by atoms with Crippen molar-refractivity contribution >= 4 is 17.8 Å². The number of amides is 2. The molecule has 0 aliphatic heterocycles. The fourth-order valence-corrected chi connectivity index (χ4v) is 2.64. The zero-order valence-electron chi connectivity index (χ0n) is 14.9. The third-order valence-electron chi connectivity index (χ3n) is 3.97. The van der Waals surface area contributed by atoms with E-state index in [4.69, 9.17) is 0 Å². The predicted molar refractivity (Wildman–Crippen MR) is 99.1 cm³/mol. The van der Waals surface area contributed by atoms with E-state index in [0.717, 1.165) is 11.1 Å². The zero-order chi connectivity index (χ0) is 19.8. The Morgan fingerprint density at radius 1 is 0.852 bits per heavy atom. The molecule has 0 heterocycles. The molecule has 27 heavy (non-hydrogen) atoms. The number of carbonyl (C=O) groups is 3. The molecule has 2 atom stereocenters. The highest BCUT2D eigenvalue weighted by molar-refractivity contribution is 5.90. The number of benzene rings is 2. The third-order valence-corrected chi connectivity index (χ3v) is 3.97. The Bertz CT molecular complexity index is 790. The second-order valence-electron chi connectivity index (χ2n) is 6.21. The molecule has 2 aromatic rings. The summed E-state index contributed by atoms with van der Waals surface area (Å²) >= 11 is 0. The van der Waals surface area contributed by atoms with Gasteiger partial charge in [-0.15, -0.1) is 0 Å². The van der Waals surface area contributed by atoms with Crippen LogP contribution >= 0.6 is 0 Å². The summed E-state index contributed by atoms with van der Waals surface area (Å²) in [4.78, 5) is 35.6. The van der Waals surface area contributed by atoms with E-state index in [1.807, 2.05) is 6.07 Å². The van der Waals surface area contributed by atoms with Gasteiger partial charge in [0.15, 0.2) is 0 Å². The van der Waals surface area contributed by atoms with Crippen LogP contribution in [0.5, 0.6) is 5.75 Å². The summed E-state index contributed by atoms with van der Waals surface area (Å²) in [6, 6.07) is 13.2. The van der Waals surface area contributed by atoms with Crippen LogP contribution in [0.2, 0.25) is 0 Å². The summed E-state index contributed by atoms with van der Waals surface area (Å²) < 4.78 is 0. The summed E-state index contributed by atoms with van der Waals surface area (Å²) in [7, 11) is 0. The van der Waals surface area contributed by atoms with E-state index in [2.05, 4.69) is 10.6 Å². The van der Waals surface area contributed by atoms with Crippen LogP contribution in [0.4, 0.5) is 0 Å². The van der Waals surface area contributed by atoms with Crippen LogP contribution in [0.1, 0.15) is 18.1 Å². The summed E-state index contributed by atoms with van der Waals surface area (Å²) in [5, 5.41) is 23.8. The van der Waals surface area contributed by atoms with Crippen molar-refractivity contribution in [2.75, 3.05) is 0 Å². The monoisotopic (exact) mass is 370 g/mol. The molecule has 2 rings (SSSR count). The summed E-state index contributed by atoms with van der Waals surface area (Å²) in [5.74, 6) is -2.04. The lowest BCUT2D eigenvalue weighted by molar-refractivity contribution is -0.142. The highest BCUT2D eigenvalue weighted by Crippen LogP contribution is 2.12. The van der Waals surface area contributed by atoms with Gasteiger partial charge in [0.2, 0.25) is 11.8 Å². The number of nitrogens with one attached hydrogen (secondary N) is 2. The maximum Gasteiger partial charge on any atom is 0.326 e. The number of hydrogen-bond acceptors (Lipinski definition) is 4. The number of phenolic OH excluding ortho intramolecular Hbond substituents is 1. The average Bonchev–Trinajstić information content (AvgIpc) is 2.62. The first-order chi connectivity index (χ1) is 12.8. The predicted octanol–water partition coefficient (Wildman–Crippen LogP) is 1.25. The molecule has 0 saturated carbocycles. The summed E-state index contributed by atoms with van der Waals surface area (Å²) in [6.45, 7) is 1.29. The molecule has 0 aliphatic carbocycles. The molecule has 142 valence electrons. The number of phenols is 1. The Hall–Kier alpha value is -3.35. The Morgan fingerprint density at radius 2 is 1.41 bits per heavy atom. The number of carboxylic acids is 1. The van der Waals surface area contributed by atoms with Gasteiger partial charge in [0.05, 0.1) is 0 Å². The minimum atomic E-state index is -1.15. The van der Waals surface area contributed by atoms with Gasteiger partial charge in [-0.05, 0) is 23.3 Å². The molecule has 2 aromatic carbocycles. The van der Waals surface area contributed by atoms with Crippen molar-refractivity contribution in [3.05, 3.63) is 65.7 Å². The summed E-state index contributed by atoms with van der Waals surface area (Å²) in [6.07, 6.45) is 0.303. The molecule has 0 aliphatic rings. The quantitative estimate of drug-likeness (QED) is 0.558. The minimum absolute atomic E-state index is 0.0908. The standard InChI is InChI=1S/C20H22N2O5/c1-13(23)21-17(11-15-7-9-16(24)10-8-15)19(25)22-18(20(26)27)12-14-5-3-2-4-6-14/h2-10,17-18,24H,11-12H2,1H3,(H,21,23)(H,22,25)(H,26,27)/t17-,18+/m1/s1. The third kappa shape index (κ3) is 6.47. The van der Waals surface area contributed by atoms with E-state index >= 15 is 0 Å². The van der Waals surface area contributed by atoms with Crippen LogP contribution in [0.25, 0.3) is 0 Å². The Morgan fingerprint density at radius 3 is 1.96 bits per heavy atom. The lowest BCUT2D eigenvalue weighted by atomic mass is 10.0. The van der Waals surface area contributed by atoms with Crippen LogP contribution < -0.4 is 10.6 Å². The lowest BCUT2D eigenvalue weighted by Crippen LogP contribution is -2.52. The molecule has 2 amide bonds. The number of carboxylic acid groups (broad SMARTS) is 1. The second-order valence-corrected chi connectivity index (χ2v) is 6.21. The first-order valence-electron chi connectivity index (χ1n) is 8.47. The molecule has 0 bridgehead atoms. The van der Waals surface area contributed by atoms with Crippen LogP contribution in [0.3, 0.4) is 0 Å². The van der Waals surface area contributed by atoms with Gasteiger partial charge in [-0.3, -0.25) is 9.59 Å². The molecule has 4 N–H and O–H groups in total. The SMILES string of the molecule is CC(=O)N[C@H](Cc1ccc(O)cc1)C(=O)N[C@@H](Cc1ccccc1)C(=O)O. The number of carbonyl (C=O) groups excluding carboxylic acids is 2. The molecule has 0 radical (unpaired) electrons. The fraction of sp³-hybridized carbons (Fsp3) is 0.250. The first-order valence-corrected chi connectivity index (χ1v) is 8.47. The van der Waals surface area contributed by atoms with E-state index in [1.54, 1.807) is 36.4 Å². The average molecular weight is 370 g/mol. The van der Waals surface area contributed by atoms with Gasteiger partial charge in [-0.1, -0.05) is 42.5 Å². The summed E-state index contributed by atoms with van der Waals surface area (Å²) in [5.41, 5.74) is 1.50. The molecule has 0 aromatic heterocycles. The first kappa shape index (κ1) is 20.0. The fourth-order valence-electron chi connectivity index (χ4n) is 2.64. The largest absolute Gasteiger partial charge is 0.508 e. The molecule has 0 saturated heterocycles. The van der Waals surface area contributed by atoms with E-state index in [9.17, 15) is 24.6 Å². The van der Waals surface area contributed by atoms with E-state index in [0.29, 0.717) is 0 Å². The van der Waals surface area contributed by atoms with Gasteiger partial charge in [0.1, 0.15) is 17.8 Å². The molecule has 7 nitrogen and oxygen atoms in total. The Balaban J connectivity index is 2.10.